The summed E-state index contributed by atoms with van der Waals surface area (Å²) < 4.78 is 0. The second kappa shape index (κ2) is 7.09. The number of amides is 2. The predicted molar refractivity (Wildman–Crippen MR) is 75.6 cm³/mol. The minimum absolute atomic E-state index is 0.157. The molecule has 1 aromatic heterocycles. The van der Waals surface area contributed by atoms with Crippen LogP contribution in [-0.4, -0.2) is 33.9 Å². The monoisotopic (exact) mass is 292 g/mol. The summed E-state index contributed by atoms with van der Waals surface area (Å²) in [7, 11) is 0. The predicted octanol–water partition coefficient (Wildman–Crippen LogP) is -0.481. The van der Waals surface area contributed by atoms with Crippen LogP contribution in [0, 0.1) is 5.92 Å². The summed E-state index contributed by atoms with van der Waals surface area (Å²) in [6, 6.07) is 0.643. The molecular formula is C13H20N6O2. The number of carbonyl (C=O) groups is 2. The van der Waals surface area contributed by atoms with E-state index in [1.54, 1.807) is 0 Å². The van der Waals surface area contributed by atoms with Gasteiger partial charge in [0.2, 0.25) is 5.91 Å². The fourth-order valence-electron chi connectivity index (χ4n) is 2.38. The second-order valence-corrected chi connectivity index (χ2v) is 5.16. The number of hydrazine groups is 2. The molecule has 0 saturated carbocycles. The highest BCUT2D eigenvalue weighted by atomic mass is 16.2. The van der Waals surface area contributed by atoms with Gasteiger partial charge < -0.3 is 0 Å². The van der Waals surface area contributed by atoms with Gasteiger partial charge in [0.1, 0.15) is 5.69 Å². The van der Waals surface area contributed by atoms with Crippen molar-refractivity contribution in [3.8, 4) is 0 Å². The highest BCUT2D eigenvalue weighted by Gasteiger charge is 2.29. The van der Waals surface area contributed by atoms with Crippen molar-refractivity contribution >= 4 is 11.8 Å². The lowest BCUT2D eigenvalue weighted by molar-refractivity contribution is -0.122. The standard InChI is InChI=1S/C13H20N6O2/c1-8-10(9(2)17-16-8)3-4-12(20)18-19-13(21)11-7-14-5-6-15-11/h5-10,16-17H,3-4H2,1-2H3,(H,18,20)(H,19,21). The zero-order chi connectivity index (χ0) is 15.2. The SMILES string of the molecule is CC1NNC(C)C1CCC(=O)NNC(=O)c1cnccn1. The maximum Gasteiger partial charge on any atom is 0.289 e. The quantitative estimate of drug-likeness (QED) is 0.558. The highest BCUT2D eigenvalue weighted by Crippen LogP contribution is 2.19. The fraction of sp³-hybridized carbons (Fsp3) is 0.538. The van der Waals surface area contributed by atoms with Gasteiger partial charge in [-0.3, -0.25) is 36.3 Å². The van der Waals surface area contributed by atoms with E-state index in [1.165, 1.54) is 18.6 Å². The zero-order valence-electron chi connectivity index (χ0n) is 12.1. The Hall–Kier alpha value is -2.06. The van der Waals surface area contributed by atoms with Crippen LogP contribution in [0.4, 0.5) is 0 Å². The van der Waals surface area contributed by atoms with Crippen molar-refractivity contribution in [2.24, 2.45) is 5.92 Å². The van der Waals surface area contributed by atoms with Crippen molar-refractivity contribution in [1.29, 1.82) is 0 Å². The van der Waals surface area contributed by atoms with Gasteiger partial charge in [-0.2, -0.15) is 0 Å². The third-order valence-corrected chi connectivity index (χ3v) is 3.64. The molecule has 2 heterocycles. The van der Waals surface area contributed by atoms with Crippen molar-refractivity contribution in [1.82, 2.24) is 31.7 Å². The van der Waals surface area contributed by atoms with Crippen LogP contribution in [0.5, 0.6) is 0 Å². The molecule has 2 amide bonds. The van der Waals surface area contributed by atoms with E-state index in [0.29, 0.717) is 24.4 Å². The summed E-state index contributed by atoms with van der Waals surface area (Å²) in [5, 5.41) is 0. The third kappa shape index (κ3) is 4.20. The highest BCUT2D eigenvalue weighted by molar-refractivity contribution is 5.93. The number of rotatable bonds is 4. The molecule has 2 rings (SSSR count). The minimum Gasteiger partial charge on any atom is -0.273 e. The third-order valence-electron chi connectivity index (χ3n) is 3.64. The number of nitrogens with zero attached hydrogens (tertiary/aromatic N) is 2. The molecule has 2 unspecified atom stereocenters. The minimum atomic E-state index is -0.484. The van der Waals surface area contributed by atoms with Gasteiger partial charge in [0, 0.05) is 30.9 Å². The number of nitrogens with one attached hydrogen (secondary N) is 4. The summed E-state index contributed by atoms with van der Waals surface area (Å²) in [6.45, 7) is 4.16. The maximum atomic E-state index is 11.7. The Labute approximate surface area is 123 Å². The normalized spacial score (nSPS) is 24.6. The fourth-order valence-corrected chi connectivity index (χ4v) is 2.38. The Bertz CT molecular complexity index is 485. The van der Waals surface area contributed by atoms with Crippen molar-refractivity contribution in [2.75, 3.05) is 0 Å². The lowest BCUT2D eigenvalue weighted by atomic mass is 9.91. The second-order valence-electron chi connectivity index (χ2n) is 5.16. The molecule has 0 bridgehead atoms. The van der Waals surface area contributed by atoms with Gasteiger partial charge >= 0.3 is 0 Å². The molecule has 1 aliphatic heterocycles. The average Bonchev–Trinajstić information content (AvgIpc) is 2.82. The van der Waals surface area contributed by atoms with Crippen LogP contribution in [0.25, 0.3) is 0 Å². The van der Waals surface area contributed by atoms with Crippen molar-refractivity contribution in [2.45, 2.75) is 38.8 Å². The molecule has 1 saturated heterocycles. The van der Waals surface area contributed by atoms with Gasteiger partial charge in [0.15, 0.2) is 0 Å². The molecule has 8 heteroatoms. The van der Waals surface area contributed by atoms with E-state index in [4.69, 9.17) is 0 Å². The number of hydrogen-bond acceptors (Lipinski definition) is 6. The average molecular weight is 292 g/mol. The lowest BCUT2D eigenvalue weighted by Gasteiger charge is -2.17. The number of hydrogen-bond donors (Lipinski definition) is 4. The van der Waals surface area contributed by atoms with Gasteiger partial charge in [-0.15, -0.1) is 0 Å². The van der Waals surface area contributed by atoms with Gasteiger partial charge in [-0.25, -0.2) is 4.98 Å². The number of aromatic nitrogens is 2. The van der Waals surface area contributed by atoms with E-state index in [1.807, 2.05) is 0 Å². The van der Waals surface area contributed by atoms with E-state index in [9.17, 15) is 9.59 Å². The van der Waals surface area contributed by atoms with Crippen molar-refractivity contribution < 1.29 is 9.59 Å². The van der Waals surface area contributed by atoms with Crippen LogP contribution in [0.3, 0.4) is 0 Å². The van der Waals surface area contributed by atoms with Crippen LogP contribution in [0.15, 0.2) is 18.6 Å². The molecule has 2 atom stereocenters. The van der Waals surface area contributed by atoms with Crippen LogP contribution in [0.1, 0.15) is 37.2 Å². The molecule has 1 aliphatic rings. The van der Waals surface area contributed by atoms with Gasteiger partial charge in [0.25, 0.3) is 5.91 Å². The molecule has 1 fully saturated rings. The van der Waals surface area contributed by atoms with E-state index in [2.05, 4.69) is 45.5 Å². The van der Waals surface area contributed by atoms with Crippen LogP contribution < -0.4 is 21.7 Å². The summed E-state index contributed by atoms with van der Waals surface area (Å²) in [6.07, 6.45) is 5.32. The van der Waals surface area contributed by atoms with Gasteiger partial charge in [-0.05, 0) is 26.2 Å². The lowest BCUT2D eigenvalue weighted by Crippen LogP contribution is -2.42. The molecule has 114 valence electrons. The Morgan fingerprint density at radius 1 is 1.19 bits per heavy atom. The first-order valence-corrected chi connectivity index (χ1v) is 6.94. The summed E-state index contributed by atoms with van der Waals surface area (Å²) >= 11 is 0. The van der Waals surface area contributed by atoms with Gasteiger partial charge in [-0.1, -0.05) is 0 Å². The van der Waals surface area contributed by atoms with Crippen molar-refractivity contribution in [3.05, 3.63) is 24.3 Å². The Morgan fingerprint density at radius 3 is 2.52 bits per heavy atom. The van der Waals surface area contributed by atoms with Crippen LogP contribution in [0.2, 0.25) is 0 Å². The molecular weight excluding hydrogens is 272 g/mol. The van der Waals surface area contributed by atoms with E-state index in [0.717, 1.165) is 6.42 Å². The smallest absolute Gasteiger partial charge is 0.273 e. The molecule has 0 aliphatic carbocycles. The molecule has 0 aromatic carbocycles. The molecule has 8 nitrogen and oxygen atoms in total. The summed E-state index contributed by atoms with van der Waals surface area (Å²) in [4.78, 5) is 31.0. The maximum absolute atomic E-state index is 11.7. The van der Waals surface area contributed by atoms with Crippen molar-refractivity contribution in [3.63, 3.8) is 0 Å². The Kier molecular flexibility index (Phi) is 5.18. The molecule has 0 spiro atoms. The molecule has 1 aromatic rings. The first-order valence-electron chi connectivity index (χ1n) is 6.94. The zero-order valence-corrected chi connectivity index (χ0v) is 12.1. The van der Waals surface area contributed by atoms with Crippen LogP contribution in [-0.2, 0) is 4.79 Å². The topological polar surface area (TPSA) is 108 Å². The number of carbonyl (C=O) groups excluding carboxylic acids is 2. The molecule has 4 N–H and O–H groups in total. The molecule has 0 radical (unpaired) electrons. The van der Waals surface area contributed by atoms with Crippen LogP contribution >= 0.6 is 0 Å². The largest absolute Gasteiger partial charge is 0.289 e. The first-order chi connectivity index (χ1) is 10.1. The summed E-state index contributed by atoms with van der Waals surface area (Å²) in [5.41, 5.74) is 11.2. The first kappa shape index (κ1) is 15.3. The van der Waals surface area contributed by atoms with E-state index in [-0.39, 0.29) is 11.6 Å². The Morgan fingerprint density at radius 2 is 1.90 bits per heavy atom. The molecule has 21 heavy (non-hydrogen) atoms. The Balaban J connectivity index is 1.71. The van der Waals surface area contributed by atoms with Gasteiger partial charge in [0.05, 0.1) is 6.20 Å². The van der Waals surface area contributed by atoms with E-state index < -0.39 is 5.91 Å². The summed E-state index contributed by atoms with van der Waals surface area (Å²) in [5.74, 6) is -0.327. The van der Waals surface area contributed by atoms with E-state index >= 15 is 0 Å².